The van der Waals surface area contributed by atoms with Crippen molar-refractivity contribution in [2.75, 3.05) is 5.32 Å². The van der Waals surface area contributed by atoms with Gasteiger partial charge in [-0.1, -0.05) is 11.2 Å². The number of hydrogen-bond acceptors (Lipinski definition) is 5. The highest BCUT2D eigenvalue weighted by molar-refractivity contribution is 5.88. The minimum atomic E-state index is -0.343. The average Bonchev–Trinajstić information content (AvgIpc) is 3.19. The lowest BCUT2D eigenvalue weighted by molar-refractivity contribution is 0.201. The summed E-state index contributed by atoms with van der Waals surface area (Å²) in [5.74, 6) is 1.67. The molecule has 2 aromatic heterocycles. The van der Waals surface area contributed by atoms with E-state index in [0.717, 1.165) is 18.4 Å². The summed E-state index contributed by atoms with van der Waals surface area (Å²) in [6.45, 7) is 2.14. The first-order valence-electron chi connectivity index (χ1n) is 7.79. The molecule has 0 spiro atoms. The van der Waals surface area contributed by atoms with Crippen molar-refractivity contribution in [3.05, 3.63) is 35.7 Å². The Morgan fingerprint density at radius 3 is 2.87 bits per heavy atom. The van der Waals surface area contributed by atoms with Crippen LogP contribution >= 0.6 is 0 Å². The van der Waals surface area contributed by atoms with Crippen molar-refractivity contribution in [2.45, 2.75) is 45.3 Å². The number of ether oxygens (including phenoxy) is 1. The minimum absolute atomic E-state index is 0.295. The van der Waals surface area contributed by atoms with Gasteiger partial charge in [0.05, 0.1) is 0 Å². The normalized spacial score (nSPS) is 14.7. The van der Waals surface area contributed by atoms with Gasteiger partial charge in [0.25, 0.3) is 0 Å². The van der Waals surface area contributed by atoms with Crippen molar-refractivity contribution < 1.29 is 14.1 Å². The van der Waals surface area contributed by atoms with E-state index < -0.39 is 0 Å². The minimum Gasteiger partial charge on any atom is -0.474 e. The zero-order valence-corrected chi connectivity index (χ0v) is 13.0. The largest absolute Gasteiger partial charge is 0.474 e. The molecule has 2 heterocycles. The van der Waals surface area contributed by atoms with Crippen LogP contribution in [0.4, 0.5) is 10.6 Å². The Morgan fingerprint density at radius 2 is 2.22 bits per heavy atom. The summed E-state index contributed by atoms with van der Waals surface area (Å²) in [6.07, 6.45) is 6.67. The van der Waals surface area contributed by atoms with Gasteiger partial charge in [0.15, 0.2) is 5.82 Å². The van der Waals surface area contributed by atoms with E-state index in [0.29, 0.717) is 30.1 Å². The van der Waals surface area contributed by atoms with Crippen LogP contribution in [0.3, 0.4) is 0 Å². The molecule has 1 saturated carbocycles. The summed E-state index contributed by atoms with van der Waals surface area (Å²) in [7, 11) is 0. The Bertz CT molecular complexity index is 648. The molecule has 2 N–H and O–H groups in total. The Kier molecular flexibility index (Phi) is 4.75. The molecule has 0 atom stereocenters. The number of nitrogens with one attached hydrogen (secondary N) is 2. The predicted octanol–water partition coefficient (Wildman–Crippen LogP) is 3.02. The molecule has 0 aromatic carbocycles. The summed E-state index contributed by atoms with van der Waals surface area (Å²) < 4.78 is 10.7. The van der Waals surface area contributed by atoms with Crippen LogP contribution in [-0.2, 0) is 6.54 Å². The van der Waals surface area contributed by atoms with Crippen molar-refractivity contribution in [2.24, 2.45) is 0 Å². The standard InChI is InChI=1S/C16H20N4O3/c1-11-8-14(20-23-11)19-16(21)18-10-12-6-7-15(17-9-12)22-13-4-2-3-5-13/h6-9,13H,2-5,10H2,1H3,(H2,18,19,20,21). The average molecular weight is 316 g/mol. The smallest absolute Gasteiger partial charge is 0.320 e. The number of hydrogen-bond donors (Lipinski definition) is 2. The zero-order valence-electron chi connectivity index (χ0n) is 13.0. The van der Waals surface area contributed by atoms with Crippen molar-refractivity contribution in [3.8, 4) is 5.88 Å². The molecule has 3 rings (SSSR count). The second-order valence-corrected chi connectivity index (χ2v) is 5.66. The topological polar surface area (TPSA) is 89.3 Å². The highest BCUT2D eigenvalue weighted by atomic mass is 16.5. The van der Waals surface area contributed by atoms with Gasteiger partial charge in [-0.25, -0.2) is 9.78 Å². The Hall–Kier alpha value is -2.57. The summed E-state index contributed by atoms with van der Waals surface area (Å²) in [4.78, 5) is 16.0. The number of carbonyl (C=O) groups excluding carboxylic acids is 1. The second-order valence-electron chi connectivity index (χ2n) is 5.66. The van der Waals surface area contributed by atoms with Crippen molar-refractivity contribution in [1.82, 2.24) is 15.5 Å². The fraction of sp³-hybridized carbons (Fsp3) is 0.438. The van der Waals surface area contributed by atoms with E-state index in [9.17, 15) is 4.79 Å². The van der Waals surface area contributed by atoms with Gasteiger partial charge in [-0.05, 0) is 38.2 Å². The summed E-state index contributed by atoms with van der Waals surface area (Å²) >= 11 is 0. The molecule has 1 aliphatic carbocycles. The lowest BCUT2D eigenvalue weighted by atomic mass is 10.3. The zero-order chi connectivity index (χ0) is 16.1. The molecule has 2 amide bonds. The van der Waals surface area contributed by atoms with E-state index in [1.165, 1.54) is 12.8 Å². The molecule has 0 aliphatic heterocycles. The number of pyridine rings is 1. The van der Waals surface area contributed by atoms with Gasteiger partial charge in [-0.3, -0.25) is 5.32 Å². The summed E-state index contributed by atoms with van der Waals surface area (Å²) in [5.41, 5.74) is 0.898. The fourth-order valence-corrected chi connectivity index (χ4v) is 2.53. The molecule has 2 aromatic rings. The molecule has 122 valence electrons. The fourth-order valence-electron chi connectivity index (χ4n) is 2.53. The van der Waals surface area contributed by atoms with Crippen LogP contribution in [-0.4, -0.2) is 22.3 Å². The molecule has 0 unspecified atom stereocenters. The van der Waals surface area contributed by atoms with Crippen LogP contribution < -0.4 is 15.4 Å². The monoisotopic (exact) mass is 316 g/mol. The van der Waals surface area contributed by atoms with E-state index >= 15 is 0 Å². The van der Waals surface area contributed by atoms with Crippen molar-refractivity contribution in [1.29, 1.82) is 0 Å². The van der Waals surface area contributed by atoms with E-state index in [2.05, 4.69) is 20.8 Å². The molecule has 7 heteroatoms. The Labute approximate surface area is 134 Å². The van der Waals surface area contributed by atoms with E-state index in [1.54, 1.807) is 19.2 Å². The summed E-state index contributed by atoms with van der Waals surface area (Å²) in [6, 6.07) is 5.05. The molecule has 0 bridgehead atoms. The number of rotatable bonds is 5. The predicted molar refractivity (Wildman–Crippen MR) is 84.2 cm³/mol. The molecule has 0 radical (unpaired) electrons. The molecule has 0 saturated heterocycles. The van der Waals surface area contributed by atoms with Crippen LogP contribution in [0.5, 0.6) is 5.88 Å². The van der Waals surface area contributed by atoms with Gasteiger partial charge in [-0.15, -0.1) is 0 Å². The molecule has 1 aliphatic rings. The first-order chi connectivity index (χ1) is 11.2. The quantitative estimate of drug-likeness (QED) is 0.885. The first-order valence-corrected chi connectivity index (χ1v) is 7.79. The number of aromatic nitrogens is 2. The number of aryl methyl sites for hydroxylation is 1. The van der Waals surface area contributed by atoms with Crippen LogP contribution in [0.15, 0.2) is 28.9 Å². The highest BCUT2D eigenvalue weighted by Gasteiger charge is 2.16. The van der Waals surface area contributed by atoms with E-state index in [4.69, 9.17) is 9.26 Å². The molecule has 1 fully saturated rings. The SMILES string of the molecule is Cc1cc(NC(=O)NCc2ccc(OC3CCCC3)nc2)no1. The van der Waals surface area contributed by atoms with Gasteiger partial charge in [0, 0.05) is 24.9 Å². The number of nitrogens with zero attached hydrogens (tertiary/aromatic N) is 2. The van der Waals surface area contributed by atoms with Crippen LogP contribution in [0.2, 0.25) is 0 Å². The molecular formula is C16H20N4O3. The van der Waals surface area contributed by atoms with Gasteiger partial charge < -0.3 is 14.6 Å². The van der Waals surface area contributed by atoms with Gasteiger partial charge in [-0.2, -0.15) is 0 Å². The molecule has 7 nitrogen and oxygen atoms in total. The number of urea groups is 1. The molecule has 23 heavy (non-hydrogen) atoms. The molecular weight excluding hydrogens is 296 g/mol. The first kappa shape index (κ1) is 15.3. The maximum atomic E-state index is 11.7. The lowest BCUT2D eigenvalue weighted by Gasteiger charge is -2.12. The number of amides is 2. The maximum Gasteiger partial charge on any atom is 0.320 e. The van der Waals surface area contributed by atoms with Gasteiger partial charge >= 0.3 is 6.03 Å². The third kappa shape index (κ3) is 4.45. The Morgan fingerprint density at radius 1 is 1.39 bits per heavy atom. The number of anilines is 1. The Balaban J connectivity index is 1.45. The van der Waals surface area contributed by atoms with Crippen LogP contribution in [0, 0.1) is 6.92 Å². The van der Waals surface area contributed by atoms with Crippen molar-refractivity contribution in [3.63, 3.8) is 0 Å². The van der Waals surface area contributed by atoms with E-state index in [-0.39, 0.29) is 6.03 Å². The van der Waals surface area contributed by atoms with Crippen LogP contribution in [0.1, 0.15) is 37.0 Å². The second kappa shape index (κ2) is 7.13. The van der Waals surface area contributed by atoms with E-state index in [1.807, 2.05) is 12.1 Å². The highest BCUT2D eigenvalue weighted by Crippen LogP contribution is 2.22. The van der Waals surface area contributed by atoms with Crippen LogP contribution in [0.25, 0.3) is 0 Å². The number of carbonyl (C=O) groups is 1. The maximum absolute atomic E-state index is 11.7. The third-order valence-corrected chi connectivity index (χ3v) is 3.71. The lowest BCUT2D eigenvalue weighted by Crippen LogP contribution is -2.28. The summed E-state index contributed by atoms with van der Waals surface area (Å²) in [5, 5.41) is 9.02. The van der Waals surface area contributed by atoms with Gasteiger partial charge in [0.1, 0.15) is 11.9 Å². The third-order valence-electron chi connectivity index (χ3n) is 3.71. The van der Waals surface area contributed by atoms with Gasteiger partial charge in [0.2, 0.25) is 5.88 Å². The van der Waals surface area contributed by atoms with Crippen molar-refractivity contribution >= 4 is 11.8 Å².